The summed E-state index contributed by atoms with van der Waals surface area (Å²) in [5.41, 5.74) is 0.111. The van der Waals surface area contributed by atoms with Crippen LogP contribution in [0.25, 0.3) is 0 Å². The van der Waals surface area contributed by atoms with Crippen LogP contribution in [0.3, 0.4) is 0 Å². The molecule has 3 nitrogen and oxygen atoms in total. The number of rotatable bonds is 6. The zero-order valence-electron chi connectivity index (χ0n) is 14.1. The molecule has 1 heterocycles. The fourth-order valence-corrected chi connectivity index (χ4v) is 3.00. The fourth-order valence-electron chi connectivity index (χ4n) is 3.00. The predicted molar refractivity (Wildman–Crippen MR) is 86.1 cm³/mol. The lowest BCUT2D eigenvalue weighted by molar-refractivity contribution is -0.0286. The van der Waals surface area contributed by atoms with Crippen molar-refractivity contribution in [3.63, 3.8) is 0 Å². The molecular weight excluding hydrogens is 262 g/mol. The summed E-state index contributed by atoms with van der Waals surface area (Å²) in [5.74, 6) is 2.66. The van der Waals surface area contributed by atoms with E-state index in [9.17, 15) is 0 Å². The summed E-state index contributed by atoms with van der Waals surface area (Å²) in [7, 11) is 0. The van der Waals surface area contributed by atoms with E-state index < -0.39 is 0 Å². The minimum absolute atomic E-state index is 0.111. The molecule has 1 saturated carbocycles. The van der Waals surface area contributed by atoms with Crippen LogP contribution in [0.5, 0.6) is 0 Å². The van der Waals surface area contributed by atoms with Crippen molar-refractivity contribution in [3.05, 3.63) is 23.7 Å². The molecule has 0 bridgehead atoms. The first-order valence-corrected chi connectivity index (χ1v) is 8.42. The third kappa shape index (κ3) is 5.48. The van der Waals surface area contributed by atoms with Gasteiger partial charge in [-0.25, -0.2) is 0 Å². The Labute approximate surface area is 129 Å². The standard InChI is InChI=1S/C18H31NO2/c1-5-14-8-6-7-9-17(14)20-13-16-11-10-15(21-16)12-19-18(2,3)4/h10-11,14,17,19H,5-9,12-13H2,1-4H3. The van der Waals surface area contributed by atoms with Crippen LogP contribution >= 0.6 is 0 Å². The second-order valence-electron chi connectivity index (χ2n) is 7.27. The topological polar surface area (TPSA) is 34.4 Å². The zero-order chi connectivity index (χ0) is 15.3. The number of nitrogens with one attached hydrogen (secondary N) is 1. The molecule has 0 spiro atoms. The Morgan fingerprint density at radius 3 is 2.62 bits per heavy atom. The normalized spacial score (nSPS) is 23.4. The van der Waals surface area contributed by atoms with Gasteiger partial charge in [0.1, 0.15) is 18.1 Å². The molecule has 21 heavy (non-hydrogen) atoms. The Balaban J connectivity index is 1.79. The van der Waals surface area contributed by atoms with Crippen molar-refractivity contribution >= 4 is 0 Å². The summed E-state index contributed by atoms with van der Waals surface area (Å²) in [5, 5.41) is 3.44. The monoisotopic (exact) mass is 293 g/mol. The van der Waals surface area contributed by atoms with Crippen molar-refractivity contribution in [1.82, 2.24) is 5.32 Å². The third-order valence-corrected chi connectivity index (χ3v) is 4.31. The summed E-state index contributed by atoms with van der Waals surface area (Å²) in [4.78, 5) is 0. The molecule has 1 fully saturated rings. The molecule has 2 rings (SSSR count). The molecule has 2 unspecified atom stereocenters. The van der Waals surface area contributed by atoms with E-state index in [1.54, 1.807) is 0 Å². The summed E-state index contributed by atoms with van der Waals surface area (Å²) in [6.45, 7) is 10.1. The van der Waals surface area contributed by atoms with Gasteiger partial charge in [0, 0.05) is 5.54 Å². The maximum absolute atomic E-state index is 6.12. The van der Waals surface area contributed by atoms with Gasteiger partial charge >= 0.3 is 0 Å². The molecule has 0 aliphatic heterocycles. The van der Waals surface area contributed by atoms with Gasteiger partial charge in [-0.3, -0.25) is 0 Å². The molecule has 3 heteroatoms. The predicted octanol–water partition coefficient (Wildman–Crippen LogP) is 4.65. The molecule has 1 aliphatic carbocycles. The molecule has 1 aromatic rings. The maximum atomic E-state index is 6.12. The Morgan fingerprint density at radius 2 is 1.90 bits per heavy atom. The number of ether oxygens (including phenoxy) is 1. The average molecular weight is 293 g/mol. The van der Waals surface area contributed by atoms with E-state index in [-0.39, 0.29) is 5.54 Å². The van der Waals surface area contributed by atoms with Crippen molar-refractivity contribution in [3.8, 4) is 0 Å². The van der Waals surface area contributed by atoms with E-state index in [0.29, 0.717) is 12.7 Å². The van der Waals surface area contributed by atoms with Gasteiger partial charge in [-0.15, -0.1) is 0 Å². The summed E-state index contributed by atoms with van der Waals surface area (Å²) < 4.78 is 12.0. The number of furan rings is 1. The number of hydrogen-bond donors (Lipinski definition) is 1. The largest absolute Gasteiger partial charge is 0.462 e. The Kier molecular flexibility index (Phi) is 5.88. The second kappa shape index (κ2) is 7.46. The summed E-state index contributed by atoms with van der Waals surface area (Å²) in [6, 6.07) is 4.10. The van der Waals surface area contributed by atoms with Crippen LogP contribution in [-0.2, 0) is 17.9 Å². The average Bonchev–Trinajstić information content (AvgIpc) is 2.90. The summed E-state index contributed by atoms with van der Waals surface area (Å²) in [6.07, 6.45) is 6.84. The zero-order valence-corrected chi connectivity index (χ0v) is 14.1. The van der Waals surface area contributed by atoms with Gasteiger partial charge in [0.25, 0.3) is 0 Å². The van der Waals surface area contributed by atoms with E-state index in [4.69, 9.17) is 9.15 Å². The van der Waals surface area contributed by atoms with Crippen molar-refractivity contribution in [2.45, 2.75) is 84.6 Å². The van der Waals surface area contributed by atoms with Crippen LogP contribution in [0, 0.1) is 5.92 Å². The minimum Gasteiger partial charge on any atom is -0.462 e. The van der Waals surface area contributed by atoms with Crippen LogP contribution in [0.1, 0.15) is 71.3 Å². The molecule has 1 aromatic heterocycles. The molecule has 0 aromatic carbocycles. The minimum atomic E-state index is 0.111. The van der Waals surface area contributed by atoms with Gasteiger partial charge in [0.2, 0.25) is 0 Å². The molecule has 1 aliphatic rings. The molecule has 0 amide bonds. The van der Waals surface area contributed by atoms with E-state index >= 15 is 0 Å². The number of hydrogen-bond acceptors (Lipinski definition) is 3. The van der Waals surface area contributed by atoms with Gasteiger partial charge in [0.05, 0.1) is 12.6 Å². The highest BCUT2D eigenvalue weighted by Gasteiger charge is 2.24. The van der Waals surface area contributed by atoms with Crippen LogP contribution in [0.4, 0.5) is 0 Å². The van der Waals surface area contributed by atoms with Gasteiger partial charge in [0.15, 0.2) is 0 Å². The first kappa shape index (κ1) is 16.6. The quantitative estimate of drug-likeness (QED) is 0.828. The smallest absolute Gasteiger partial charge is 0.129 e. The van der Waals surface area contributed by atoms with Crippen molar-refractivity contribution < 1.29 is 9.15 Å². The van der Waals surface area contributed by atoms with Crippen molar-refractivity contribution in [2.24, 2.45) is 5.92 Å². The van der Waals surface area contributed by atoms with Crippen molar-refractivity contribution in [1.29, 1.82) is 0 Å². The van der Waals surface area contributed by atoms with Crippen molar-refractivity contribution in [2.75, 3.05) is 0 Å². The van der Waals surface area contributed by atoms with Gasteiger partial charge in [-0.05, 0) is 51.7 Å². The Bertz CT molecular complexity index is 419. The fraction of sp³-hybridized carbons (Fsp3) is 0.778. The highest BCUT2D eigenvalue weighted by Crippen LogP contribution is 2.29. The first-order chi connectivity index (χ1) is 9.98. The highest BCUT2D eigenvalue weighted by molar-refractivity contribution is 5.06. The molecule has 1 N–H and O–H groups in total. The van der Waals surface area contributed by atoms with E-state index in [2.05, 4.69) is 39.1 Å². The van der Waals surface area contributed by atoms with Gasteiger partial charge in [-0.2, -0.15) is 0 Å². The first-order valence-electron chi connectivity index (χ1n) is 8.42. The molecule has 0 radical (unpaired) electrons. The molecular formula is C18H31NO2. The van der Waals surface area contributed by atoms with Gasteiger partial charge in [-0.1, -0.05) is 26.2 Å². The summed E-state index contributed by atoms with van der Waals surface area (Å²) >= 11 is 0. The van der Waals surface area contributed by atoms with Crippen LogP contribution < -0.4 is 5.32 Å². The van der Waals surface area contributed by atoms with E-state index in [0.717, 1.165) is 24.0 Å². The van der Waals surface area contributed by atoms with E-state index in [1.807, 2.05) is 6.07 Å². The lowest BCUT2D eigenvalue weighted by Crippen LogP contribution is -2.34. The SMILES string of the molecule is CCC1CCCCC1OCc1ccc(CNC(C)(C)C)o1. The van der Waals surface area contributed by atoms with Crippen LogP contribution in [0.15, 0.2) is 16.5 Å². The third-order valence-electron chi connectivity index (χ3n) is 4.31. The maximum Gasteiger partial charge on any atom is 0.129 e. The van der Waals surface area contributed by atoms with E-state index in [1.165, 1.54) is 32.1 Å². The Morgan fingerprint density at radius 1 is 1.19 bits per heavy atom. The Hall–Kier alpha value is -0.800. The van der Waals surface area contributed by atoms with Crippen LogP contribution in [-0.4, -0.2) is 11.6 Å². The molecule has 0 saturated heterocycles. The van der Waals surface area contributed by atoms with Crippen LogP contribution in [0.2, 0.25) is 0 Å². The molecule has 120 valence electrons. The second-order valence-corrected chi connectivity index (χ2v) is 7.27. The molecule has 2 atom stereocenters. The lowest BCUT2D eigenvalue weighted by atomic mass is 9.85. The highest BCUT2D eigenvalue weighted by atomic mass is 16.5. The van der Waals surface area contributed by atoms with Gasteiger partial charge < -0.3 is 14.5 Å². The lowest BCUT2D eigenvalue weighted by Gasteiger charge is -2.30.